The van der Waals surface area contributed by atoms with Crippen molar-refractivity contribution in [3.05, 3.63) is 126 Å². The van der Waals surface area contributed by atoms with Crippen molar-refractivity contribution in [1.82, 2.24) is 9.55 Å². The first-order valence-electron chi connectivity index (χ1n) is 10.6. The van der Waals surface area contributed by atoms with Gasteiger partial charge in [-0.25, -0.2) is 4.98 Å². The number of rotatable bonds is 8. The number of hydrogen-bond acceptors (Lipinski definition) is 3. The lowest BCUT2D eigenvalue weighted by Gasteiger charge is -2.37. The van der Waals surface area contributed by atoms with Gasteiger partial charge in [0, 0.05) is 12.6 Å². The van der Waals surface area contributed by atoms with Crippen LogP contribution in [0, 0.1) is 0 Å². The van der Waals surface area contributed by atoms with Crippen LogP contribution in [-0.2, 0) is 16.7 Å². The van der Waals surface area contributed by atoms with Crippen molar-refractivity contribution < 1.29 is 4.74 Å². The number of imidazole rings is 1. The Morgan fingerprint density at radius 2 is 1.32 bits per heavy atom. The summed E-state index contributed by atoms with van der Waals surface area (Å²) in [4.78, 5) is 4.74. The molecule has 0 fully saturated rings. The largest absolute Gasteiger partial charge is 0.487 e. The minimum atomic E-state index is -0.532. The fourth-order valence-electron chi connectivity index (χ4n) is 4.12. The molecule has 0 aliphatic heterocycles. The molecule has 3 aromatic carbocycles. The van der Waals surface area contributed by atoms with Gasteiger partial charge >= 0.3 is 0 Å². The third-order valence-corrected chi connectivity index (χ3v) is 5.81. The number of hydrogen-bond donors (Lipinski definition) is 0. The third kappa shape index (κ3) is 4.30. The summed E-state index contributed by atoms with van der Waals surface area (Å²) in [5, 5.41) is 0.637. The van der Waals surface area contributed by atoms with E-state index in [0.29, 0.717) is 18.1 Å². The molecule has 31 heavy (non-hydrogen) atoms. The van der Waals surface area contributed by atoms with Gasteiger partial charge in [-0.15, -0.1) is 0 Å². The highest BCUT2D eigenvalue weighted by atomic mass is 32.1. The van der Waals surface area contributed by atoms with Gasteiger partial charge in [-0.1, -0.05) is 91.0 Å². The Kier molecular flexibility index (Phi) is 6.58. The monoisotopic (exact) mass is 426 g/mol. The van der Waals surface area contributed by atoms with Gasteiger partial charge in [-0.2, -0.15) is 0 Å². The van der Waals surface area contributed by atoms with Gasteiger partial charge in [0.1, 0.15) is 5.54 Å². The summed E-state index contributed by atoms with van der Waals surface area (Å²) < 4.78 is 7.67. The Morgan fingerprint density at radius 3 is 1.77 bits per heavy atom. The number of thiocarbonyl (C=S) groups is 1. The quantitative estimate of drug-likeness (QED) is 0.255. The second-order valence-corrected chi connectivity index (χ2v) is 7.84. The number of ether oxygens (including phenoxy) is 1. The van der Waals surface area contributed by atoms with E-state index in [9.17, 15) is 0 Å². The van der Waals surface area contributed by atoms with E-state index in [1.54, 1.807) is 0 Å². The van der Waals surface area contributed by atoms with E-state index in [2.05, 4.69) is 102 Å². The van der Waals surface area contributed by atoms with Crippen molar-refractivity contribution >= 4 is 17.3 Å². The SMILES string of the molecule is CCOC(=S)CCc1cn(C(c2ccccc2)(c2ccccc2)c2ccccc2)cn1. The molecule has 0 aliphatic carbocycles. The van der Waals surface area contributed by atoms with E-state index >= 15 is 0 Å². The first kappa shape index (κ1) is 21.0. The Labute approximate surface area is 189 Å². The number of aryl methyl sites for hydroxylation is 1. The number of aromatic nitrogens is 2. The van der Waals surface area contributed by atoms with Crippen molar-refractivity contribution in [2.45, 2.75) is 25.3 Å². The zero-order valence-electron chi connectivity index (χ0n) is 17.6. The van der Waals surface area contributed by atoms with Crippen LogP contribution >= 0.6 is 12.2 Å². The van der Waals surface area contributed by atoms with Crippen molar-refractivity contribution in [2.75, 3.05) is 6.61 Å². The Morgan fingerprint density at radius 1 is 0.839 bits per heavy atom. The van der Waals surface area contributed by atoms with E-state index in [0.717, 1.165) is 12.1 Å². The summed E-state index contributed by atoms with van der Waals surface area (Å²) >= 11 is 5.31. The van der Waals surface area contributed by atoms with Gasteiger partial charge in [-0.3, -0.25) is 0 Å². The fraction of sp³-hybridized carbons (Fsp3) is 0.185. The molecule has 1 heterocycles. The Balaban J connectivity index is 1.87. The molecule has 4 rings (SSSR count). The van der Waals surface area contributed by atoms with Gasteiger partial charge in [0.15, 0.2) is 5.05 Å². The molecule has 4 aromatic rings. The Hall–Kier alpha value is -3.24. The molecule has 0 radical (unpaired) electrons. The summed E-state index contributed by atoms with van der Waals surface area (Å²) in [6.07, 6.45) is 5.52. The maximum Gasteiger partial charge on any atom is 0.160 e. The normalized spacial score (nSPS) is 11.3. The molecule has 0 spiro atoms. The average molecular weight is 427 g/mol. The van der Waals surface area contributed by atoms with Gasteiger partial charge in [-0.05, 0) is 42.3 Å². The second-order valence-electron chi connectivity index (χ2n) is 7.39. The molecule has 0 atom stereocenters. The minimum Gasteiger partial charge on any atom is -0.487 e. The van der Waals surface area contributed by atoms with Crippen molar-refractivity contribution in [3.63, 3.8) is 0 Å². The van der Waals surface area contributed by atoms with Gasteiger partial charge in [0.05, 0.1) is 18.6 Å². The van der Waals surface area contributed by atoms with Crippen LogP contribution in [0.1, 0.15) is 35.7 Å². The van der Waals surface area contributed by atoms with Gasteiger partial charge < -0.3 is 9.30 Å². The highest BCUT2D eigenvalue weighted by molar-refractivity contribution is 7.80. The lowest BCUT2D eigenvalue weighted by Crippen LogP contribution is -2.36. The van der Waals surface area contributed by atoms with Crippen LogP contribution in [0.15, 0.2) is 104 Å². The summed E-state index contributed by atoms with van der Waals surface area (Å²) in [7, 11) is 0. The predicted molar refractivity (Wildman–Crippen MR) is 129 cm³/mol. The third-order valence-electron chi connectivity index (χ3n) is 5.49. The lowest BCUT2D eigenvalue weighted by molar-refractivity contribution is 0.327. The van der Waals surface area contributed by atoms with E-state index in [-0.39, 0.29) is 0 Å². The van der Waals surface area contributed by atoms with Crippen molar-refractivity contribution in [2.24, 2.45) is 0 Å². The molecule has 3 nitrogen and oxygen atoms in total. The smallest absolute Gasteiger partial charge is 0.160 e. The van der Waals surface area contributed by atoms with Crippen LogP contribution in [0.2, 0.25) is 0 Å². The number of nitrogens with zero attached hydrogens (tertiary/aromatic N) is 2. The molecule has 156 valence electrons. The summed E-state index contributed by atoms with van der Waals surface area (Å²) in [6, 6.07) is 31.8. The molecule has 4 heteroatoms. The zero-order chi connectivity index (χ0) is 21.5. The fourth-order valence-corrected chi connectivity index (χ4v) is 4.34. The second kappa shape index (κ2) is 9.71. The summed E-state index contributed by atoms with van der Waals surface area (Å²) in [6.45, 7) is 2.56. The molecular weight excluding hydrogens is 400 g/mol. The van der Waals surface area contributed by atoms with Crippen molar-refractivity contribution in [3.8, 4) is 0 Å². The molecule has 0 N–H and O–H groups in total. The van der Waals surface area contributed by atoms with E-state index in [4.69, 9.17) is 21.9 Å². The van der Waals surface area contributed by atoms with E-state index in [1.807, 2.05) is 13.3 Å². The van der Waals surface area contributed by atoms with Gasteiger partial charge in [0.25, 0.3) is 0 Å². The van der Waals surface area contributed by atoms with E-state index in [1.165, 1.54) is 16.7 Å². The first-order chi connectivity index (χ1) is 15.2. The lowest BCUT2D eigenvalue weighted by atomic mass is 9.77. The maximum absolute atomic E-state index is 5.44. The number of benzene rings is 3. The zero-order valence-corrected chi connectivity index (χ0v) is 18.5. The molecule has 0 saturated carbocycles. The van der Waals surface area contributed by atoms with Crippen LogP contribution in [0.3, 0.4) is 0 Å². The maximum atomic E-state index is 5.44. The molecule has 0 bridgehead atoms. The molecule has 0 aliphatic rings. The van der Waals surface area contributed by atoms with E-state index < -0.39 is 5.54 Å². The molecular formula is C27H26N2OS. The standard InChI is InChI=1S/C27H26N2OS/c1-2-30-26(31)19-18-25-20-29(21-28-25)27(22-12-6-3-7-13-22,23-14-8-4-9-15-23)24-16-10-5-11-17-24/h3-17,20-21H,2,18-19H2,1H3. The average Bonchev–Trinajstić information content (AvgIpc) is 3.30. The summed E-state index contributed by atoms with van der Waals surface area (Å²) in [5.41, 5.74) is 4.01. The minimum absolute atomic E-state index is 0.532. The summed E-state index contributed by atoms with van der Waals surface area (Å²) in [5.74, 6) is 0. The predicted octanol–water partition coefficient (Wildman–Crippen LogP) is 6.02. The first-order valence-corrected chi connectivity index (χ1v) is 11.0. The van der Waals surface area contributed by atoms with Crippen LogP contribution in [0.25, 0.3) is 0 Å². The molecule has 1 aromatic heterocycles. The van der Waals surface area contributed by atoms with Gasteiger partial charge in [0.2, 0.25) is 0 Å². The van der Waals surface area contributed by atoms with Crippen LogP contribution in [0.4, 0.5) is 0 Å². The topological polar surface area (TPSA) is 27.1 Å². The van der Waals surface area contributed by atoms with Crippen LogP contribution in [0.5, 0.6) is 0 Å². The molecule has 0 unspecified atom stereocenters. The highest BCUT2D eigenvalue weighted by Gasteiger charge is 2.38. The van der Waals surface area contributed by atoms with Crippen LogP contribution in [-0.4, -0.2) is 21.2 Å². The highest BCUT2D eigenvalue weighted by Crippen LogP contribution is 2.40. The van der Waals surface area contributed by atoms with Crippen LogP contribution < -0.4 is 0 Å². The van der Waals surface area contributed by atoms with Crippen molar-refractivity contribution in [1.29, 1.82) is 0 Å². The Bertz CT molecular complexity index is 1010. The molecule has 0 amide bonds. The molecule has 0 saturated heterocycles.